The van der Waals surface area contributed by atoms with Crippen molar-refractivity contribution in [2.45, 2.75) is 39.4 Å². The third kappa shape index (κ3) is 1.59. The third-order valence-corrected chi connectivity index (χ3v) is 6.30. The zero-order valence-electron chi connectivity index (χ0n) is 10.4. The molecule has 2 nitrogen and oxygen atoms in total. The fraction of sp³-hybridized carbons (Fsp3) is 0.462. The Bertz CT molecular complexity index is 480. The first-order valence-corrected chi connectivity index (χ1v) is 7.36. The first kappa shape index (κ1) is 11.7. The van der Waals surface area contributed by atoms with Crippen molar-refractivity contribution in [1.82, 2.24) is 0 Å². The summed E-state index contributed by atoms with van der Waals surface area (Å²) < 4.78 is 1.39. The van der Waals surface area contributed by atoms with Gasteiger partial charge in [-0.2, -0.15) is 0 Å². The fourth-order valence-electron chi connectivity index (χ4n) is 2.03. The first-order chi connectivity index (χ1) is 7.43. The van der Waals surface area contributed by atoms with Crippen LogP contribution < -0.4 is 9.78 Å². The molecule has 3 heteroatoms. The van der Waals surface area contributed by atoms with Crippen molar-refractivity contribution in [1.29, 1.82) is 0 Å². The molecule has 1 unspecified atom stereocenters. The number of fused-ring (bicyclic) bond motifs is 1. The fourth-order valence-corrected chi connectivity index (χ4v) is 4.49. The Morgan fingerprint density at radius 3 is 2.19 bits per heavy atom. The number of hydrogen-bond acceptors (Lipinski definition) is 1. The van der Waals surface area contributed by atoms with Crippen LogP contribution in [0.4, 0.5) is 5.69 Å². The monoisotopic (exact) mass is 283 g/mol. The molecule has 16 heavy (non-hydrogen) atoms. The molecule has 1 amide bonds. The van der Waals surface area contributed by atoms with E-state index in [2.05, 4.69) is 33.0 Å². The average molecular weight is 282 g/mol. The number of nitrogens with one attached hydrogen (secondary N) is 1. The molecular weight excluding hydrogens is 265 g/mol. The Hall–Kier alpha value is -0.791. The van der Waals surface area contributed by atoms with Gasteiger partial charge in [0.1, 0.15) is 0 Å². The molecule has 0 radical (unpaired) electrons. The molecule has 0 fully saturated rings. The van der Waals surface area contributed by atoms with E-state index in [1.807, 2.05) is 6.92 Å². The summed E-state index contributed by atoms with van der Waals surface area (Å²) in [7, 11) is 0. The summed E-state index contributed by atoms with van der Waals surface area (Å²) in [5.41, 5.74) is 6.37. The van der Waals surface area contributed by atoms with Crippen LogP contribution in [0.15, 0.2) is 0 Å². The van der Waals surface area contributed by atoms with Gasteiger partial charge in [-0.05, 0) is 0 Å². The van der Waals surface area contributed by atoms with Crippen LogP contribution in [0.1, 0.15) is 29.2 Å². The summed E-state index contributed by atoms with van der Waals surface area (Å²) >= 11 is 0.269. The molecule has 1 N–H and O–H groups in total. The van der Waals surface area contributed by atoms with Crippen molar-refractivity contribution < 1.29 is 4.79 Å². The van der Waals surface area contributed by atoms with Crippen LogP contribution in [0.3, 0.4) is 0 Å². The van der Waals surface area contributed by atoms with E-state index in [1.165, 1.54) is 26.7 Å². The van der Waals surface area contributed by atoms with E-state index >= 15 is 0 Å². The maximum absolute atomic E-state index is 11.7. The molecule has 0 saturated carbocycles. The third-order valence-electron chi connectivity index (χ3n) is 3.54. The molecule has 0 saturated heterocycles. The van der Waals surface area contributed by atoms with Gasteiger partial charge in [0.05, 0.1) is 0 Å². The number of benzene rings is 1. The van der Waals surface area contributed by atoms with Gasteiger partial charge in [0.25, 0.3) is 0 Å². The van der Waals surface area contributed by atoms with Gasteiger partial charge in [0.2, 0.25) is 0 Å². The number of amides is 1. The summed E-state index contributed by atoms with van der Waals surface area (Å²) in [6.07, 6.45) is 0. The van der Waals surface area contributed by atoms with Crippen molar-refractivity contribution in [2.75, 3.05) is 5.32 Å². The van der Waals surface area contributed by atoms with Crippen molar-refractivity contribution in [2.24, 2.45) is 0 Å². The van der Waals surface area contributed by atoms with Gasteiger partial charge in [-0.3, -0.25) is 0 Å². The van der Waals surface area contributed by atoms with Gasteiger partial charge < -0.3 is 0 Å². The Morgan fingerprint density at radius 1 is 1.00 bits per heavy atom. The zero-order valence-corrected chi connectivity index (χ0v) is 12.1. The van der Waals surface area contributed by atoms with Crippen molar-refractivity contribution in [3.8, 4) is 0 Å². The van der Waals surface area contributed by atoms with Crippen LogP contribution >= 0.6 is 0 Å². The first-order valence-electron chi connectivity index (χ1n) is 5.51. The van der Waals surface area contributed by atoms with E-state index in [0.29, 0.717) is 0 Å². The van der Waals surface area contributed by atoms with E-state index < -0.39 is 0 Å². The minimum absolute atomic E-state index is 0.153. The molecule has 0 aromatic heterocycles. The summed E-state index contributed by atoms with van der Waals surface area (Å²) in [6.45, 7) is 10.6. The maximum atomic E-state index is 11.7. The average Bonchev–Trinajstić information content (AvgIpc) is 2.26. The van der Waals surface area contributed by atoms with Gasteiger partial charge >= 0.3 is 103 Å². The summed E-state index contributed by atoms with van der Waals surface area (Å²) in [6, 6.07) is 0. The van der Waals surface area contributed by atoms with E-state index in [4.69, 9.17) is 0 Å². The van der Waals surface area contributed by atoms with Crippen LogP contribution in [0.25, 0.3) is 0 Å². The summed E-state index contributed by atoms with van der Waals surface area (Å²) in [5, 5.41) is 3.06. The van der Waals surface area contributed by atoms with Crippen LogP contribution in [-0.4, -0.2) is 20.9 Å². The molecule has 86 valence electrons. The molecule has 0 aliphatic carbocycles. The molecule has 0 bridgehead atoms. The normalized spacial score (nSPS) is 19.3. The van der Waals surface area contributed by atoms with Crippen LogP contribution in [-0.2, 0) is 4.79 Å². The molecule has 1 atom stereocenters. The number of carbonyl (C=O) groups excluding carboxylic acids is 1. The van der Waals surface area contributed by atoms with Crippen molar-refractivity contribution in [3.05, 3.63) is 22.3 Å². The van der Waals surface area contributed by atoms with E-state index in [-0.39, 0.29) is 25.7 Å². The molecule has 1 heterocycles. The van der Waals surface area contributed by atoms with Crippen LogP contribution in [0, 0.1) is 27.7 Å². The molecular formula is C13H17NOSe. The Kier molecular flexibility index (Phi) is 2.85. The topological polar surface area (TPSA) is 29.1 Å². The molecule has 1 aliphatic heterocycles. The van der Waals surface area contributed by atoms with E-state index in [1.54, 1.807) is 0 Å². The van der Waals surface area contributed by atoms with Gasteiger partial charge in [0.15, 0.2) is 0 Å². The second-order valence-electron chi connectivity index (χ2n) is 4.45. The molecule has 1 aromatic rings. The number of rotatable bonds is 0. The van der Waals surface area contributed by atoms with Gasteiger partial charge in [-0.25, -0.2) is 0 Å². The number of anilines is 1. The summed E-state index contributed by atoms with van der Waals surface area (Å²) in [4.78, 5) is 11.9. The minimum atomic E-state index is 0.153. The van der Waals surface area contributed by atoms with E-state index in [9.17, 15) is 4.79 Å². The van der Waals surface area contributed by atoms with Gasteiger partial charge in [-0.15, -0.1) is 0 Å². The van der Waals surface area contributed by atoms with E-state index in [0.717, 1.165) is 5.69 Å². The molecule has 1 aliphatic rings. The van der Waals surface area contributed by atoms with Crippen LogP contribution in [0.5, 0.6) is 0 Å². The second kappa shape index (κ2) is 3.90. The van der Waals surface area contributed by atoms with Crippen molar-refractivity contribution >= 4 is 31.0 Å². The SMILES string of the molecule is Cc1c(C)c(C)c2c(c1C)NC(=O)C(C)[Se]2. The standard InChI is InChI=1S/C13H17NOSe/c1-6-7(2)9(4)12-11(8(6)3)14-13(15)10(5)16-12/h10H,1-5H3,(H,14,15). The Morgan fingerprint density at radius 2 is 1.56 bits per heavy atom. The summed E-state index contributed by atoms with van der Waals surface area (Å²) in [5.74, 6) is 0.179. The number of carbonyl (C=O) groups is 1. The Balaban J connectivity index is 2.69. The number of hydrogen-bond donors (Lipinski definition) is 1. The molecule has 1 aromatic carbocycles. The van der Waals surface area contributed by atoms with Gasteiger partial charge in [-0.1, -0.05) is 0 Å². The Labute approximate surface area is 103 Å². The van der Waals surface area contributed by atoms with Crippen molar-refractivity contribution in [3.63, 3.8) is 0 Å². The quantitative estimate of drug-likeness (QED) is 0.725. The molecule has 0 spiro atoms. The van der Waals surface area contributed by atoms with Gasteiger partial charge in [0, 0.05) is 0 Å². The predicted octanol–water partition coefficient (Wildman–Crippen LogP) is 2.01. The predicted molar refractivity (Wildman–Crippen MR) is 68.8 cm³/mol. The molecule has 2 rings (SSSR count). The van der Waals surface area contributed by atoms with Crippen LogP contribution in [0.2, 0.25) is 4.82 Å². The second-order valence-corrected chi connectivity index (χ2v) is 7.29. The zero-order chi connectivity index (χ0) is 12.0.